The van der Waals surface area contributed by atoms with E-state index in [1.807, 2.05) is 12.4 Å². The summed E-state index contributed by atoms with van der Waals surface area (Å²) in [7, 11) is 2.06. The Bertz CT molecular complexity index is 520. The van der Waals surface area contributed by atoms with Crippen LogP contribution in [0.5, 0.6) is 0 Å². The van der Waals surface area contributed by atoms with Gasteiger partial charge in [-0.1, -0.05) is 24.6 Å². The Morgan fingerprint density at radius 1 is 1.11 bits per heavy atom. The van der Waals surface area contributed by atoms with Gasteiger partial charge in [-0.05, 0) is 31.5 Å². The van der Waals surface area contributed by atoms with Crippen LogP contribution in [0.4, 0.5) is 17.1 Å². The molecule has 0 aliphatic carbocycles. The molecule has 1 aromatic heterocycles. The molecule has 0 saturated carbocycles. The van der Waals surface area contributed by atoms with Crippen molar-refractivity contribution in [3.05, 3.63) is 48.3 Å². The van der Waals surface area contributed by atoms with E-state index in [1.54, 1.807) is 0 Å². The predicted octanol–water partition coefficient (Wildman–Crippen LogP) is 3.98. The zero-order valence-corrected chi connectivity index (χ0v) is 11.9. The molecule has 3 nitrogen and oxygen atoms in total. The quantitative estimate of drug-likeness (QED) is 0.876. The van der Waals surface area contributed by atoms with Crippen LogP contribution >= 0.6 is 0 Å². The fraction of sp³-hybridized carbons (Fsp3) is 0.312. The first kappa shape index (κ1) is 13.4. The molecule has 2 aromatic rings. The molecule has 1 N–H and O–H groups in total. The van der Waals surface area contributed by atoms with Crippen LogP contribution in [0.25, 0.3) is 0 Å². The Morgan fingerprint density at radius 2 is 1.84 bits per heavy atom. The summed E-state index contributed by atoms with van der Waals surface area (Å²) in [5.74, 6) is 0. The number of rotatable bonds is 5. The SMILES string of the molecule is CCCNc1cncc(N(C)c2ccc(C)cc2)c1. The molecule has 1 aromatic carbocycles. The second-order valence-electron chi connectivity index (χ2n) is 4.75. The Balaban J connectivity index is 2.18. The Kier molecular flexibility index (Phi) is 4.39. The van der Waals surface area contributed by atoms with E-state index in [-0.39, 0.29) is 0 Å². The third-order valence-electron chi connectivity index (χ3n) is 3.11. The van der Waals surface area contributed by atoms with E-state index in [0.717, 1.165) is 24.3 Å². The molecule has 100 valence electrons. The third-order valence-corrected chi connectivity index (χ3v) is 3.11. The molecule has 2 rings (SSSR count). The Morgan fingerprint density at radius 3 is 2.53 bits per heavy atom. The minimum Gasteiger partial charge on any atom is -0.384 e. The molecule has 1 heterocycles. The van der Waals surface area contributed by atoms with Crippen molar-refractivity contribution in [3.63, 3.8) is 0 Å². The van der Waals surface area contributed by atoms with Gasteiger partial charge in [0, 0.05) is 19.3 Å². The van der Waals surface area contributed by atoms with Crippen molar-refractivity contribution in [1.29, 1.82) is 0 Å². The number of anilines is 3. The maximum atomic E-state index is 4.30. The molecule has 0 radical (unpaired) electrons. The van der Waals surface area contributed by atoms with Crippen molar-refractivity contribution >= 4 is 17.1 Å². The smallest absolute Gasteiger partial charge is 0.0615 e. The lowest BCUT2D eigenvalue weighted by atomic mass is 10.2. The monoisotopic (exact) mass is 255 g/mol. The van der Waals surface area contributed by atoms with Crippen LogP contribution in [0.3, 0.4) is 0 Å². The van der Waals surface area contributed by atoms with Crippen molar-refractivity contribution in [2.24, 2.45) is 0 Å². The summed E-state index contributed by atoms with van der Waals surface area (Å²) in [6.07, 6.45) is 4.86. The van der Waals surface area contributed by atoms with Crippen molar-refractivity contribution in [3.8, 4) is 0 Å². The second kappa shape index (κ2) is 6.23. The van der Waals surface area contributed by atoms with E-state index in [2.05, 4.69) is 66.4 Å². The molecule has 3 heteroatoms. The average molecular weight is 255 g/mol. The van der Waals surface area contributed by atoms with Gasteiger partial charge in [-0.25, -0.2) is 0 Å². The van der Waals surface area contributed by atoms with Gasteiger partial charge in [0.1, 0.15) is 0 Å². The van der Waals surface area contributed by atoms with Gasteiger partial charge in [-0.15, -0.1) is 0 Å². The van der Waals surface area contributed by atoms with Crippen molar-refractivity contribution in [2.45, 2.75) is 20.3 Å². The van der Waals surface area contributed by atoms with Crippen molar-refractivity contribution < 1.29 is 0 Å². The zero-order valence-electron chi connectivity index (χ0n) is 11.9. The van der Waals surface area contributed by atoms with Crippen LogP contribution in [0.15, 0.2) is 42.7 Å². The molecule has 0 atom stereocenters. The summed E-state index contributed by atoms with van der Waals surface area (Å²) in [5.41, 5.74) is 4.59. The summed E-state index contributed by atoms with van der Waals surface area (Å²) in [6.45, 7) is 5.22. The highest BCUT2D eigenvalue weighted by Gasteiger charge is 2.04. The van der Waals surface area contributed by atoms with Gasteiger partial charge in [-0.3, -0.25) is 4.98 Å². The molecule has 0 amide bonds. The minimum absolute atomic E-state index is 0.972. The van der Waals surface area contributed by atoms with E-state index < -0.39 is 0 Å². The highest BCUT2D eigenvalue weighted by molar-refractivity contribution is 5.65. The Labute approximate surface area is 115 Å². The fourth-order valence-corrected chi connectivity index (χ4v) is 1.89. The van der Waals surface area contributed by atoms with E-state index in [9.17, 15) is 0 Å². The maximum Gasteiger partial charge on any atom is 0.0615 e. The predicted molar refractivity (Wildman–Crippen MR) is 82.3 cm³/mol. The average Bonchev–Trinajstić information content (AvgIpc) is 2.45. The second-order valence-corrected chi connectivity index (χ2v) is 4.75. The van der Waals surface area contributed by atoms with Gasteiger partial charge < -0.3 is 10.2 Å². The summed E-state index contributed by atoms with van der Waals surface area (Å²) in [5, 5.41) is 3.36. The molecule has 19 heavy (non-hydrogen) atoms. The highest BCUT2D eigenvalue weighted by atomic mass is 15.1. The summed E-state index contributed by atoms with van der Waals surface area (Å²) in [6, 6.07) is 10.6. The van der Waals surface area contributed by atoms with Crippen LogP contribution < -0.4 is 10.2 Å². The lowest BCUT2D eigenvalue weighted by Crippen LogP contribution is -2.10. The van der Waals surface area contributed by atoms with Gasteiger partial charge in [0.2, 0.25) is 0 Å². The van der Waals surface area contributed by atoms with Crippen molar-refractivity contribution in [2.75, 3.05) is 23.8 Å². The first-order valence-corrected chi connectivity index (χ1v) is 6.70. The van der Waals surface area contributed by atoms with Gasteiger partial charge in [0.05, 0.1) is 23.8 Å². The number of hydrogen-bond acceptors (Lipinski definition) is 3. The van der Waals surface area contributed by atoms with E-state index >= 15 is 0 Å². The van der Waals surface area contributed by atoms with Crippen LogP contribution in [0, 0.1) is 6.92 Å². The molecular formula is C16H21N3. The van der Waals surface area contributed by atoms with Crippen LogP contribution in [-0.2, 0) is 0 Å². The van der Waals surface area contributed by atoms with Crippen LogP contribution in [-0.4, -0.2) is 18.6 Å². The molecule has 0 aliphatic rings. The standard InChI is InChI=1S/C16H21N3/c1-4-9-18-14-10-16(12-17-11-14)19(3)15-7-5-13(2)6-8-15/h5-8,10-12,18H,4,9H2,1-3H3. The number of aryl methyl sites for hydroxylation is 1. The number of aromatic nitrogens is 1. The lowest BCUT2D eigenvalue weighted by Gasteiger charge is -2.20. The van der Waals surface area contributed by atoms with E-state index in [4.69, 9.17) is 0 Å². The van der Waals surface area contributed by atoms with Gasteiger partial charge in [-0.2, -0.15) is 0 Å². The number of benzene rings is 1. The number of hydrogen-bond donors (Lipinski definition) is 1. The van der Waals surface area contributed by atoms with E-state index in [1.165, 1.54) is 11.3 Å². The van der Waals surface area contributed by atoms with Gasteiger partial charge >= 0.3 is 0 Å². The topological polar surface area (TPSA) is 28.2 Å². The Hall–Kier alpha value is -2.03. The lowest BCUT2D eigenvalue weighted by molar-refractivity contribution is 0.977. The first-order chi connectivity index (χ1) is 9.20. The van der Waals surface area contributed by atoms with Gasteiger partial charge in [0.25, 0.3) is 0 Å². The third kappa shape index (κ3) is 3.47. The summed E-state index contributed by atoms with van der Waals surface area (Å²) >= 11 is 0. The molecule has 0 fully saturated rings. The number of nitrogens with zero attached hydrogens (tertiary/aromatic N) is 2. The molecular weight excluding hydrogens is 234 g/mol. The normalized spacial score (nSPS) is 10.3. The van der Waals surface area contributed by atoms with Crippen LogP contribution in [0.1, 0.15) is 18.9 Å². The molecule has 0 aliphatic heterocycles. The minimum atomic E-state index is 0.972. The molecule has 0 saturated heterocycles. The fourth-order valence-electron chi connectivity index (χ4n) is 1.89. The highest BCUT2D eigenvalue weighted by Crippen LogP contribution is 2.25. The van der Waals surface area contributed by atoms with E-state index in [0.29, 0.717) is 0 Å². The van der Waals surface area contributed by atoms with Crippen LogP contribution in [0.2, 0.25) is 0 Å². The number of nitrogens with one attached hydrogen (secondary N) is 1. The zero-order chi connectivity index (χ0) is 13.7. The van der Waals surface area contributed by atoms with Gasteiger partial charge in [0.15, 0.2) is 0 Å². The molecule has 0 unspecified atom stereocenters. The number of pyridine rings is 1. The summed E-state index contributed by atoms with van der Waals surface area (Å²) < 4.78 is 0. The van der Waals surface area contributed by atoms with Crippen molar-refractivity contribution in [1.82, 2.24) is 4.98 Å². The first-order valence-electron chi connectivity index (χ1n) is 6.70. The molecule has 0 bridgehead atoms. The summed E-state index contributed by atoms with van der Waals surface area (Å²) in [4.78, 5) is 6.44. The largest absolute Gasteiger partial charge is 0.384 e. The maximum absolute atomic E-state index is 4.30. The molecule has 0 spiro atoms.